The Morgan fingerprint density at radius 1 is 1.40 bits per heavy atom. The summed E-state index contributed by atoms with van der Waals surface area (Å²) >= 11 is 7.81. The van der Waals surface area contributed by atoms with Gasteiger partial charge in [0, 0.05) is 17.5 Å². The molecule has 0 unspecified atom stereocenters. The van der Waals surface area contributed by atoms with E-state index in [0.29, 0.717) is 17.3 Å². The Hall–Kier alpha value is -1.59. The second kappa shape index (κ2) is 6.24. The number of carbonyl (C=O) groups excluding carboxylic acids is 1. The van der Waals surface area contributed by atoms with Crippen LogP contribution in [0.5, 0.6) is 0 Å². The van der Waals surface area contributed by atoms with Crippen molar-refractivity contribution in [2.24, 2.45) is 0 Å². The van der Waals surface area contributed by atoms with E-state index < -0.39 is 0 Å². The zero-order chi connectivity index (χ0) is 14.7. The number of aromatic nitrogens is 1. The fourth-order valence-electron chi connectivity index (χ4n) is 1.84. The molecule has 4 nitrogen and oxygen atoms in total. The summed E-state index contributed by atoms with van der Waals surface area (Å²) in [4.78, 5) is 16.6. The smallest absolute Gasteiger partial charge is 0.221 e. The highest BCUT2D eigenvalue weighted by atomic mass is 35.5. The zero-order valence-corrected chi connectivity index (χ0v) is 13.2. The van der Waals surface area contributed by atoms with Crippen LogP contribution in [0.15, 0.2) is 18.2 Å². The van der Waals surface area contributed by atoms with Crippen LogP contribution in [0.4, 0.5) is 11.4 Å². The van der Waals surface area contributed by atoms with Crippen LogP contribution >= 0.6 is 22.9 Å². The van der Waals surface area contributed by atoms with Crippen molar-refractivity contribution in [3.63, 3.8) is 0 Å². The van der Waals surface area contributed by atoms with Crippen LogP contribution in [0, 0.1) is 13.8 Å². The Bertz CT molecular complexity index is 639. The monoisotopic (exact) mass is 309 g/mol. The molecule has 106 valence electrons. The molecule has 1 heterocycles. The number of nitrogens with one attached hydrogen (secondary N) is 2. The summed E-state index contributed by atoms with van der Waals surface area (Å²) in [6.07, 6.45) is 0. The first kappa shape index (κ1) is 14.8. The van der Waals surface area contributed by atoms with Crippen molar-refractivity contribution >= 4 is 40.2 Å². The molecule has 0 aliphatic rings. The van der Waals surface area contributed by atoms with Crippen LogP contribution in [0.1, 0.15) is 22.5 Å². The molecule has 0 aliphatic heterocycles. The highest BCUT2D eigenvalue weighted by Crippen LogP contribution is 2.26. The van der Waals surface area contributed by atoms with Gasteiger partial charge in [-0.3, -0.25) is 4.79 Å². The maximum absolute atomic E-state index is 11.0. The Morgan fingerprint density at radius 3 is 2.70 bits per heavy atom. The van der Waals surface area contributed by atoms with E-state index in [1.807, 2.05) is 19.9 Å². The van der Waals surface area contributed by atoms with Gasteiger partial charge in [0.25, 0.3) is 0 Å². The normalized spacial score (nSPS) is 10.4. The maximum Gasteiger partial charge on any atom is 0.221 e. The van der Waals surface area contributed by atoms with Gasteiger partial charge in [0.15, 0.2) is 0 Å². The minimum Gasteiger partial charge on any atom is -0.380 e. The number of rotatable bonds is 4. The molecule has 0 spiro atoms. The lowest BCUT2D eigenvalue weighted by Gasteiger charge is -2.09. The van der Waals surface area contributed by atoms with E-state index in [1.54, 1.807) is 23.5 Å². The van der Waals surface area contributed by atoms with Crippen LogP contribution in [0.3, 0.4) is 0 Å². The van der Waals surface area contributed by atoms with E-state index >= 15 is 0 Å². The van der Waals surface area contributed by atoms with Gasteiger partial charge in [0.2, 0.25) is 5.91 Å². The van der Waals surface area contributed by atoms with Crippen LogP contribution in [-0.4, -0.2) is 10.9 Å². The van der Waals surface area contributed by atoms with Gasteiger partial charge < -0.3 is 10.6 Å². The number of nitrogens with zero attached hydrogens (tertiary/aromatic N) is 1. The van der Waals surface area contributed by atoms with Crippen molar-refractivity contribution in [2.45, 2.75) is 27.3 Å². The van der Waals surface area contributed by atoms with Crippen molar-refractivity contribution in [1.29, 1.82) is 0 Å². The topological polar surface area (TPSA) is 54.0 Å². The summed E-state index contributed by atoms with van der Waals surface area (Å²) in [5.74, 6) is -0.136. The van der Waals surface area contributed by atoms with E-state index in [0.717, 1.165) is 16.4 Å². The predicted octanol–water partition coefficient (Wildman–Crippen LogP) is 3.98. The third kappa shape index (κ3) is 3.71. The average Bonchev–Trinajstić information content (AvgIpc) is 2.68. The molecule has 0 fully saturated rings. The van der Waals surface area contributed by atoms with Gasteiger partial charge in [0.1, 0.15) is 0 Å². The summed E-state index contributed by atoms with van der Waals surface area (Å²) < 4.78 is 0. The van der Waals surface area contributed by atoms with E-state index in [2.05, 4.69) is 15.6 Å². The molecule has 2 N–H and O–H groups in total. The third-order valence-corrected chi connectivity index (χ3v) is 4.12. The molecule has 0 radical (unpaired) electrons. The average molecular weight is 310 g/mol. The van der Waals surface area contributed by atoms with Crippen molar-refractivity contribution in [1.82, 2.24) is 4.98 Å². The van der Waals surface area contributed by atoms with Gasteiger partial charge in [-0.15, -0.1) is 11.3 Å². The molecule has 2 aromatic rings. The number of halogens is 1. The SMILES string of the molecule is CC(=O)Nc1ccc(NCc2sc(C)nc2C)cc1Cl. The summed E-state index contributed by atoms with van der Waals surface area (Å²) in [5.41, 5.74) is 2.59. The molecule has 0 atom stereocenters. The number of amides is 1. The molecule has 6 heteroatoms. The Balaban J connectivity index is 2.05. The number of hydrogen-bond donors (Lipinski definition) is 2. The van der Waals surface area contributed by atoms with Gasteiger partial charge in [-0.05, 0) is 32.0 Å². The molecule has 0 saturated carbocycles. The third-order valence-electron chi connectivity index (χ3n) is 2.73. The molecule has 0 saturated heterocycles. The first-order valence-electron chi connectivity index (χ1n) is 6.19. The van der Waals surface area contributed by atoms with E-state index in [1.165, 1.54) is 11.8 Å². The van der Waals surface area contributed by atoms with Crippen molar-refractivity contribution in [2.75, 3.05) is 10.6 Å². The van der Waals surface area contributed by atoms with Gasteiger partial charge in [-0.25, -0.2) is 4.98 Å². The summed E-state index contributed by atoms with van der Waals surface area (Å²) in [7, 11) is 0. The lowest BCUT2D eigenvalue weighted by atomic mass is 10.2. The predicted molar refractivity (Wildman–Crippen MR) is 84.7 cm³/mol. The Morgan fingerprint density at radius 2 is 2.15 bits per heavy atom. The first-order valence-corrected chi connectivity index (χ1v) is 7.39. The molecule has 1 amide bonds. The second-order valence-electron chi connectivity index (χ2n) is 4.47. The van der Waals surface area contributed by atoms with Crippen LogP contribution in [0.2, 0.25) is 5.02 Å². The summed E-state index contributed by atoms with van der Waals surface area (Å²) in [6.45, 7) is 6.18. The van der Waals surface area contributed by atoms with E-state index in [4.69, 9.17) is 11.6 Å². The lowest BCUT2D eigenvalue weighted by Crippen LogP contribution is -2.06. The minimum atomic E-state index is -0.136. The number of carbonyl (C=O) groups is 1. The highest BCUT2D eigenvalue weighted by Gasteiger charge is 2.06. The van der Waals surface area contributed by atoms with Gasteiger partial charge >= 0.3 is 0 Å². The fraction of sp³-hybridized carbons (Fsp3) is 0.286. The van der Waals surface area contributed by atoms with Gasteiger partial charge in [-0.1, -0.05) is 11.6 Å². The Labute approximate surface area is 127 Å². The molecule has 20 heavy (non-hydrogen) atoms. The molecule has 2 rings (SSSR count). The van der Waals surface area contributed by atoms with Gasteiger partial charge in [-0.2, -0.15) is 0 Å². The maximum atomic E-state index is 11.0. The lowest BCUT2D eigenvalue weighted by molar-refractivity contribution is -0.114. The Kier molecular flexibility index (Phi) is 4.62. The zero-order valence-electron chi connectivity index (χ0n) is 11.6. The number of anilines is 2. The molecular formula is C14H16ClN3OS. The van der Waals surface area contributed by atoms with Crippen molar-refractivity contribution < 1.29 is 4.79 Å². The van der Waals surface area contributed by atoms with Gasteiger partial charge in [0.05, 0.1) is 28.0 Å². The van der Waals surface area contributed by atoms with Crippen LogP contribution in [-0.2, 0) is 11.3 Å². The number of thiazole rings is 1. The number of hydrogen-bond acceptors (Lipinski definition) is 4. The van der Waals surface area contributed by atoms with Crippen molar-refractivity contribution in [3.05, 3.63) is 38.8 Å². The molecule has 1 aromatic heterocycles. The quantitative estimate of drug-likeness (QED) is 0.898. The van der Waals surface area contributed by atoms with E-state index in [-0.39, 0.29) is 5.91 Å². The summed E-state index contributed by atoms with van der Waals surface area (Å²) in [6, 6.07) is 5.48. The molecular weight excluding hydrogens is 294 g/mol. The van der Waals surface area contributed by atoms with Crippen LogP contribution < -0.4 is 10.6 Å². The minimum absolute atomic E-state index is 0.136. The number of benzene rings is 1. The van der Waals surface area contributed by atoms with E-state index in [9.17, 15) is 4.79 Å². The number of aryl methyl sites for hydroxylation is 2. The first-order chi connectivity index (χ1) is 9.45. The standard InChI is InChI=1S/C14H16ClN3OS/c1-8-14(20-10(3)17-8)7-16-11-4-5-13(12(15)6-11)18-9(2)19/h4-6,16H,7H2,1-3H3,(H,18,19). The molecule has 0 bridgehead atoms. The molecule has 0 aliphatic carbocycles. The summed E-state index contributed by atoms with van der Waals surface area (Å²) in [5, 5.41) is 7.57. The molecule has 1 aromatic carbocycles. The fourth-order valence-corrected chi connectivity index (χ4v) is 2.94. The van der Waals surface area contributed by atoms with Crippen LogP contribution in [0.25, 0.3) is 0 Å². The largest absolute Gasteiger partial charge is 0.380 e. The second-order valence-corrected chi connectivity index (χ2v) is 6.17. The highest BCUT2D eigenvalue weighted by molar-refractivity contribution is 7.11. The van der Waals surface area contributed by atoms with Crippen molar-refractivity contribution in [3.8, 4) is 0 Å².